The maximum absolute atomic E-state index is 9.82. The van der Waals surface area contributed by atoms with Crippen molar-refractivity contribution in [2.24, 2.45) is 17.2 Å². The third kappa shape index (κ3) is 41.2. The average molecular weight is 270 g/mol. The third-order valence-corrected chi connectivity index (χ3v) is 0.829. The molecule has 10 heteroatoms. The van der Waals surface area contributed by atoms with Crippen LogP contribution >= 0.6 is 11.8 Å². The minimum atomic E-state index is -1.09. The predicted molar refractivity (Wildman–Crippen MR) is 61.6 cm³/mol. The Kier molecular flexibility index (Phi) is 16.8. The van der Waals surface area contributed by atoms with Gasteiger partial charge in [0, 0.05) is 18.7 Å². The van der Waals surface area contributed by atoms with Gasteiger partial charge in [0.1, 0.15) is 0 Å². The van der Waals surface area contributed by atoms with Crippen molar-refractivity contribution in [3.63, 3.8) is 0 Å². The molecule has 0 saturated heterocycles. The number of guanidine groups is 1. The van der Waals surface area contributed by atoms with E-state index in [9.17, 15) is 14.4 Å². The highest BCUT2D eigenvalue weighted by Gasteiger charge is 2.03. The van der Waals surface area contributed by atoms with Crippen molar-refractivity contribution in [1.29, 1.82) is 5.41 Å². The molecule has 0 heterocycles. The van der Waals surface area contributed by atoms with Gasteiger partial charge in [-0.15, -0.1) is 0 Å². The molecule has 0 aromatic carbocycles. The molecule has 2 amide bonds. The summed E-state index contributed by atoms with van der Waals surface area (Å²) in [5, 5.41) is 6.06. The monoisotopic (exact) mass is 269 g/mol. The van der Waals surface area contributed by atoms with Gasteiger partial charge in [0.15, 0.2) is 5.96 Å². The van der Waals surface area contributed by atoms with Crippen LogP contribution in [0.1, 0.15) is 13.8 Å². The van der Waals surface area contributed by atoms with Crippen LogP contribution in [0, 0.1) is 5.41 Å². The molecule has 0 aromatic heterocycles. The first-order valence-corrected chi connectivity index (χ1v) is 4.50. The van der Waals surface area contributed by atoms with Crippen LogP contribution in [0.15, 0.2) is 0 Å². The van der Waals surface area contributed by atoms with Crippen molar-refractivity contribution in [2.75, 3.05) is 6.61 Å². The largest absolute Gasteiger partial charge is 0.466 e. The zero-order chi connectivity index (χ0) is 14.4. The summed E-state index contributed by atoms with van der Waals surface area (Å²) in [4.78, 5) is 30.8. The van der Waals surface area contributed by atoms with Crippen molar-refractivity contribution >= 4 is 35.5 Å². The van der Waals surface area contributed by atoms with Gasteiger partial charge < -0.3 is 21.9 Å². The molecule has 17 heavy (non-hydrogen) atoms. The molecule has 100 valence electrons. The highest BCUT2D eigenvalue weighted by molar-refractivity contribution is 6.41. The molecular weight excluding hydrogens is 254 g/mol. The molecule has 0 aliphatic carbocycles. The Balaban J connectivity index is -0.000000180. The Hall–Kier alpha value is -2.03. The van der Waals surface area contributed by atoms with E-state index in [1.807, 2.05) is 0 Å². The molecule has 0 aromatic rings. The zero-order valence-corrected chi connectivity index (χ0v) is 10.2. The topological polar surface area (TPSA) is 174 Å². The van der Waals surface area contributed by atoms with Crippen LogP contribution < -0.4 is 22.0 Å². The lowest BCUT2D eigenvalue weighted by Gasteiger charge is -1.89. The molecule has 9 nitrogen and oxygen atoms in total. The van der Waals surface area contributed by atoms with Gasteiger partial charge in [-0.25, -0.2) is 0 Å². The quantitative estimate of drug-likeness (QED) is 0.123. The molecule has 0 bridgehead atoms. The average Bonchev–Trinajstić information content (AvgIpc) is 2.16. The van der Waals surface area contributed by atoms with Crippen molar-refractivity contribution in [1.82, 2.24) is 4.84 Å². The first-order valence-electron chi connectivity index (χ1n) is 4.12. The Bertz CT molecular complexity index is 267. The summed E-state index contributed by atoms with van der Waals surface area (Å²) in [6, 6.07) is 0. The molecule has 8 N–H and O–H groups in total. The first-order chi connectivity index (χ1) is 7.68. The normalized spacial score (nSPS) is 7.24. The number of primary amides is 1. The third-order valence-electron chi connectivity index (χ3n) is 0.657. The summed E-state index contributed by atoms with van der Waals surface area (Å²) in [6.07, 6.45) is 0. The molecule has 0 spiro atoms. The molecule has 0 rings (SSSR count). The van der Waals surface area contributed by atoms with Crippen molar-refractivity contribution in [3.05, 3.63) is 0 Å². The van der Waals surface area contributed by atoms with E-state index in [4.69, 9.17) is 5.41 Å². The summed E-state index contributed by atoms with van der Waals surface area (Å²) in [6.45, 7) is 3.65. The maximum Gasteiger partial charge on any atom is 0.323 e. The first kappa shape index (κ1) is 20.4. The number of rotatable bonds is 1. The van der Waals surface area contributed by atoms with Gasteiger partial charge in [-0.2, -0.15) is 0 Å². The van der Waals surface area contributed by atoms with E-state index in [1.165, 1.54) is 11.8 Å². The van der Waals surface area contributed by atoms with Crippen LogP contribution in [0.2, 0.25) is 0 Å². The number of halogens is 1. The van der Waals surface area contributed by atoms with E-state index in [0.717, 1.165) is 0 Å². The van der Waals surface area contributed by atoms with Crippen LogP contribution in [-0.2, 0) is 19.1 Å². The Labute approximate surface area is 103 Å². The van der Waals surface area contributed by atoms with E-state index >= 15 is 0 Å². The van der Waals surface area contributed by atoms with Crippen LogP contribution in [0.3, 0.4) is 0 Å². The van der Waals surface area contributed by atoms with Gasteiger partial charge in [0.2, 0.25) is 0 Å². The second-order valence-electron chi connectivity index (χ2n) is 2.17. The lowest BCUT2D eigenvalue weighted by molar-refractivity contribution is -0.140. The number of ether oxygens (including phenoxy) is 1. The maximum atomic E-state index is 9.82. The fourth-order valence-corrected chi connectivity index (χ4v) is 0.343. The number of carbonyl (C=O) groups is 3. The fourth-order valence-electron chi connectivity index (χ4n) is 0.250. The van der Waals surface area contributed by atoms with Crippen LogP contribution in [0.4, 0.5) is 0 Å². The van der Waals surface area contributed by atoms with Gasteiger partial charge in [0.05, 0.1) is 6.61 Å². The smallest absolute Gasteiger partial charge is 0.323 e. The number of hydrogen-bond acceptors (Lipinski definition) is 5. The van der Waals surface area contributed by atoms with Gasteiger partial charge in [-0.3, -0.25) is 24.6 Å². The van der Waals surface area contributed by atoms with Crippen LogP contribution in [0.25, 0.3) is 0 Å². The lowest BCUT2D eigenvalue weighted by Crippen LogP contribution is -2.30. The summed E-state index contributed by atoms with van der Waals surface area (Å²) >= 11 is 4.65. The summed E-state index contributed by atoms with van der Waals surface area (Å²) in [5.74, 6) is -2.63. The Morgan fingerprint density at radius 3 is 1.65 bits per heavy atom. The van der Waals surface area contributed by atoms with E-state index < -0.39 is 11.8 Å². The van der Waals surface area contributed by atoms with E-state index in [1.54, 1.807) is 6.92 Å². The second kappa shape index (κ2) is 14.0. The van der Waals surface area contributed by atoms with Crippen LogP contribution in [0.5, 0.6) is 0 Å². The minimum Gasteiger partial charge on any atom is -0.466 e. The predicted octanol–water partition coefficient (Wildman–Crippen LogP) is -1.85. The highest BCUT2D eigenvalue weighted by Crippen LogP contribution is 1.69. The minimum absolute atomic E-state index is 0.211. The summed E-state index contributed by atoms with van der Waals surface area (Å²) < 4.78 is 4.40. The zero-order valence-electron chi connectivity index (χ0n) is 9.45. The number of carbonyl (C=O) groups excluding carboxylic acids is 3. The van der Waals surface area contributed by atoms with Gasteiger partial charge in [-0.05, 0) is 6.92 Å². The van der Waals surface area contributed by atoms with Crippen molar-refractivity contribution in [2.45, 2.75) is 13.8 Å². The SMILES string of the molecule is CCOC(C)=O.N=C(N)N.NC(=O)C(=O)NCl. The Morgan fingerprint density at radius 1 is 1.29 bits per heavy atom. The number of amides is 2. The van der Waals surface area contributed by atoms with Gasteiger partial charge in [0.25, 0.3) is 0 Å². The number of nitrogens with two attached hydrogens (primary N) is 3. The van der Waals surface area contributed by atoms with Gasteiger partial charge in [-0.1, -0.05) is 0 Å². The molecule has 0 saturated carbocycles. The van der Waals surface area contributed by atoms with E-state index in [2.05, 4.69) is 33.7 Å². The lowest BCUT2D eigenvalue weighted by atomic mass is 10.6. The summed E-state index contributed by atoms with van der Waals surface area (Å²) in [5.41, 5.74) is 13.4. The molecular formula is C7H16ClN5O4. The fraction of sp³-hybridized carbons (Fsp3) is 0.429. The molecule has 0 fully saturated rings. The van der Waals surface area contributed by atoms with Crippen molar-refractivity contribution in [3.8, 4) is 0 Å². The molecule has 0 aliphatic heterocycles. The van der Waals surface area contributed by atoms with E-state index in [0.29, 0.717) is 6.61 Å². The summed E-state index contributed by atoms with van der Waals surface area (Å²) in [7, 11) is 0. The highest BCUT2D eigenvalue weighted by atomic mass is 35.5. The standard InChI is InChI=1S/C4H8O2.C2H3ClN2O2.CH5N3/c1-3-6-4(2)5;3-5-2(7)1(4)6;2-1(3)4/h3H2,1-2H3;(H2,4,6)(H,5,7);(H5,2,3,4). The number of hydrogen-bond donors (Lipinski definition) is 5. The second-order valence-corrected chi connectivity index (χ2v) is 2.36. The van der Waals surface area contributed by atoms with Crippen LogP contribution in [-0.4, -0.2) is 30.4 Å². The number of nitrogens with one attached hydrogen (secondary N) is 2. The molecule has 0 radical (unpaired) electrons. The van der Waals surface area contributed by atoms with E-state index in [-0.39, 0.29) is 11.9 Å². The van der Waals surface area contributed by atoms with Crippen molar-refractivity contribution < 1.29 is 19.1 Å². The Morgan fingerprint density at radius 2 is 1.65 bits per heavy atom. The van der Waals surface area contributed by atoms with Gasteiger partial charge >= 0.3 is 17.8 Å². The molecule has 0 atom stereocenters. The molecule has 0 aliphatic rings. The molecule has 0 unspecified atom stereocenters. The number of esters is 1.